The van der Waals surface area contributed by atoms with E-state index < -0.39 is 9.84 Å². The smallest absolute Gasteiger partial charge is 0.178 e. The number of sulfone groups is 1. The minimum absolute atomic E-state index is 0.207. The second-order valence-electron chi connectivity index (χ2n) is 6.71. The molecule has 2 saturated heterocycles. The summed E-state index contributed by atoms with van der Waals surface area (Å²) < 4.78 is 30.7. The third-order valence-electron chi connectivity index (χ3n) is 4.89. The largest absolute Gasteiger partial charge is 0.374 e. The molecule has 0 bridgehead atoms. The average Bonchev–Trinajstić information content (AvgIpc) is 2.91. The van der Waals surface area contributed by atoms with Crippen molar-refractivity contribution in [3.63, 3.8) is 0 Å². The molecule has 2 atom stereocenters. The van der Waals surface area contributed by atoms with E-state index in [1.54, 1.807) is 18.2 Å². The highest BCUT2D eigenvalue weighted by molar-refractivity contribution is 7.91. The molecule has 1 aromatic rings. The first-order chi connectivity index (χ1) is 11.0. The lowest BCUT2D eigenvalue weighted by molar-refractivity contribution is -0.0369. The Morgan fingerprint density at radius 2 is 2.13 bits per heavy atom. The van der Waals surface area contributed by atoms with Crippen molar-refractivity contribution in [1.82, 2.24) is 9.80 Å². The standard InChI is InChI=1S/C17H26N2O3S/c1-14-5-3-6-15(11-14)23(20,21)10-4-7-19-12-16-17(13-19)22-9-8-18(16)2/h3,5-6,11,16-17H,4,7-10,12-13H2,1-2H3. The lowest BCUT2D eigenvalue weighted by atomic mass is 10.1. The number of hydrogen-bond donors (Lipinski definition) is 0. The Morgan fingerprint density at radius 3 is 2.87 bits per heavy atom. The van der Waals surface area contributed by atoms with Crippen LogP contribution in [0.5, 0.6) is 0 Å². The first-order valence-electron chi connectivity index (χ1n) is 8.29. The van der Waals surface area contributed by atoms with E-state index in [4.69, 9.17) is 4.74 Å². The van der Waals surface area contributed by atoms with Crippen LogP contribution in [0.2, 0.25) is 0 Å². The van der Waals surface area contributed by atoms with Gasteiger partial charge in [0.05, 0.1) is 23.4 Å². The summed E-state index contributed by atoms with van der Waals surface area (Å²) in [5, 5.41) is 0. The van der Waals surface area contributed by atoms with Gasteiger partial charge in [-0.05, 0) is 44.6 Å². The molecule has 0 aliphatic carbocycles. The van der Waals surface area contributed by atoms with Gasteiger partial charge in [0.2, 0.25) is 0 Å². The molecule has 0 aromatic heterocycles. The average molecular weight is 338 g/mol. The van der Waals surface area contributed by atoms with Gasteiger partial charge in [0, 0.05) is 25.7 Å². The fourth-order valence-electron chi connectivity index (χ4n) is 3.52. The van der Waals surface area contributed by atoms with Gasteiger partial charge in [-0.2, -0.15) is 0 Å². The molecule has 0 N–H and O–H groups in total. The van der Waals surface area contributed by atoms with E-state index >= 15 is 0 Å². The number of morpholine rings is 1. The lowest BCUT2D eigenvalue weighted by Gasteiger charge is -2.33. The zero-order valence-electron chi connectivity index (χ0n) is 13.9. The van der Waals surface area contributed by atoms with Gasteiger partial charge in [-0.3, -0.25) is 9.80 Å². The van der Waals surface area contributed by atoms with Crippen LogP contribution in [0.1, 0.15) is 12.0 Å². The number of aryl methyl sites for hydroxylation is 1. The number of likely N-dealkylation sites (tertiary alicyclic amines) is 1. The summed E-state index contributed by atoms with van der Waals surface area (Å²) >= 11 is 0. The Labute approximate surface area is 139 Å². The van der Waals surface area contributed by atoms with Gasteiger partial charge < -0.3 is 4.74 Å². The van der Waals surface area contributed by atoms with Crippen LogP contribution in [0.4, 0.5) is 0 Å². The number of nitrogens with zero attached hydrogens (tertiary/aromatic N) is 2. The van der Waals surface area contributed by atoms with Crippen molar-refractivity contribution in [2.45, 2.75) is 30.4 Å². The van der Waals surface area contributed by atoms with Crippen molar-refractivity contribution in [3.8, 4) is 0 Å². The van der Waals surface area contributed by atoms with E-state index in [-0.39, 0.29) is 11.9 Å². The van der Waals surface area contributed by atoms with Crippen molar-refractivity contribution in [2.24, 2.45) is 0 Å². The Hall–Kier alpha value is -0.950. The Kier molecular flexibility index (Phi) is 5.06. The predicted molar refractivity (Wildman–Crippen MR) is 90.4 cm³/mol. The van der Waals surface area contributed by atoms with E-state index in [0.29, 0.717) is 17.4 Å². The van der Waals surface area contributed by atoms with Crippen molar-refractivity contribution in [3.05, 3.63) is 29.8 Å². The molecule has 5 nitrogen and oxygen atoms in total. The van der Waals surface area contributed by atoms with Crippen LogP contribution < -0.4 is 0 Å². The maximum Gasteiger partial charge on any atom is 0.178 e. The molecule has 6 heteroatoms. The van der Waals surface area contributed by atoms with Crippen LogP contribution in [-0.4, -0.2) is 75.9 Å². The number of benzene rings is 1. The van der Waals surface area contributed by atoms with Crippen LogP contribution in [0.25, 0.3) is 0 Å². The minimum atomic E-state index is -3.18. The van der Waals surface area contributed by atoms with E-state index in [1.165, 1.54) is 0 Å². The van der Waals surface area contributed by atoms with E-state index in [0.717, 1.165) is 38.3 Å². The summed E-state index contributed by atoms with van der Waals surface area (Å²) in [4.78, 5) is 5.14. The molecular weight excluding hydrogens is 312 g/mol. The molecule has 2 unspecified atom stereocenters. The molecule has 128 valence electrons. The topological polar surface area (TPSA) is 49.9 Å². The Balaban J connectivity index is 1.52. The molecule has 2 aliphatic heterocycles. The SMILES string of the molecule is Cc1cccc(S(=O)(=O)CCCN2CC3OCCN(C)C3C2)c1. The molecular formula is C17H26N2O3S. The van der Waals surface area contributed by atoms with Gasteiger partial charge in [0.25, 0.3) is 0 Å². The summed E-state index contributed by atoms with van der Waals surface area (Å²) in [6.07, 6.45) is 0.946. The van der Waals surface area contributed by atoms with Crippen LogP contribution in [0.15, 0.2) is 29.2 Å². The second-order valence-corrected chi connectivity index (χ2v) is 8.81. The van der Waals surface area contributed by atoms with Crippen molar-refractivity contribution in [1.29, 1.82) is 0 Å². The molecule has 3 rings (SSSR count). The molecule has 0 amide bonds. The quantitative estimate of drug-likeness (QED) is 0.807. The summed E-state index contributed by atoms with van der Waals surface area (Å²) in [5.41, 5.74) is 0.981. The minimum Gasteiger partial charge on any atom is -0.374 e. The first-order valence-corrected chi connectivity index (χ1v) is 9.94. The second kappa shape index (κ2) is 6.89. The van der Waals surface area contributed by atoms with Gasteiger partial charge in [-0.15, -0.1) is 0 Å². The van der Waals surface area contributed by atoms with Crippen molar-refractivity contribution < 1.29 is 13.2 Å². The normalized spacial score (nSPS) is 26.3. The molecule has 0 radical (unpaired) electrons. The zero-order chi connectivity index (χ0) is 16.4. The number of hydrogen-bond acceptors (Lipinski definition) is 5. The zero-order valence-corrected chi connectivity index (χ0v) is 14.8. The molecule has 1 aromatic carbocycles. The summed E-state index contributed by atoms with van der Waals surface area (Å²) in [6, 6.07) is 7.62. The fraction of sp³-hybridized carbons (Fsp3) is 0.647. The summed E-state index contributed by atoms with van der Waals surface area (Å²) in [7, 11) is -1.03. The molecule has 0 spiro atoms. The highest BCUT2D eigenvalue weighted by Crippen LogP contribution is 2.22. The number of ether oxygens (including phenoxy) is 1. The fourth-order valence-corrected chi connectivity index (χ4v) is 4.92. The molecule has 0 saturated carbocycles. The van der Waals surface area contributed by atoms with E-state index in [1.807, 2.05) is 13.0 Å². The highest BCUT2D eigenvalue weighted by atomic mass is 32.2. The molecule has 2 heterocycles. The van der Waals surface area contributed by atoms with Gasteiger partial charge >= 0.3 is 0 Å². The molecule has 23 heavy (non-hydrogen) atoms. The molecule has 2 aliphatic rings. The van der Waals surface area contributed by atoms with Gasteiger partial charge in [0.1, 0.15) is 0 Å². The maximum absolute atomic E-state index is 12.4. The lowest BCUT2D eigenvalue weighted by Crippen LogP contribution is -2.48. The van der Waals surface area contributed by atoms with Gasteiger partial charge in [0.15, 0.2) is 9.84 Å². The maximum atomic E-state index is 12.4. The number of rotatable bonds is 5. The summed E-state index contributed by atoms with van der Waals surface area (Å²) in [5.74, 6) is 0.207. The van der Waals surface area contributed by atoms with Gasteiger partial charge in [-0.25, -0.2) is 8.42 Å². The van der Waals surface area contributed by atoms with E-state index in [9.17, 15) is 8.42 Å². The van der Waals surface area contributed by atoms with Crippen LogP contribution in [0, 0.1) is 6.92 Å². The van der Waals surface area contributed by atoms with Crippen LogP contribution >= 0.6 is 0 Å². The monoisotopic (exact) mass is 338 g/mol. The van der Waals surface area contributed by atoms with Crippen molar-refractivity contribution in [2.75, 3.05) is 45.6 Å². The van der Waals surface area contributed by atoms with Gasteiger partial charge in [-0.1, -0.05) is 12.1 Å². The predicted octanol–water partition coefficient (Wildman–Crippen LogP) is 1.17. The number of likely N-dealkylation sites (N-methyl/N-ethyl adjacent to an activating group) is 1. The third-order valence-corrected chi connectivity index (χ3v) is 6.69. The van der Waals surface area contributed by atoms with E-state index in [2.05, 4.69) is 16.8 Å². The number of fused-ring (bicyclic) bond motifs is 1. The highest BCUT2D eigenvalue weighted by Gasteiger charge is 2.38. The Morgan fingerprint density at radius 1 is 1.30 bits per heavy atom. The third kappa shape index (κ3) is 3.94. The van der Waals surface area contributed by atoms with Crippen molar-refractivity contribution >= 4 is 9.84 Å². The Bertz CT molecular complexity index is 647. The van der Waals surface area contributed by atoms with Crippen LogP contribution in [-0.2, 0) is 14.6 Å². The van der Waals surface area contributed by atoms with Crippen LogP contribution in [0.3, 0.4) is 0 Å². The first kappa shape index (κ1) is 16.9. The molecule has 2 fully saturated rings. The summed E-state index contributed by atoms with van der Waals surface area (Å²) in [6.45, 7) is 6.41.